The highest BCUT2D eigenvalue weighted by Crippen LogP contribution is 2.27. The second kappa shape index (κ2) is 8.70. The van der Waals surface area contributed by atoms with Crippen LogP contribution in [0, 0.1) is 5.92 Å². The van der Waals surface area contributed by atoms with Crippen molar-refractivity contribution in [2.24, 2.45) is 5.92 Å². The number of carbonyl (C=O) groups excluding carboxylic acids is 1. The molecule has 1 saturated heterocycles. The van der Waals surface area contributed by atoms with Crippen LogP contribution in [0.15, 0.2) is 0 Å². The molecule has 3 atom stereocenters. The van der Waals surface area contributed by atoms with E-state index < -0.39 is 6.10 Å². The molecule has 6 heteroatoms. The maximum absolute atomic E-state index is 11.6. The van der Waals surface area contributed by atoms with E-state index in [0.717, 1.165) is 19.5 Å². The van der Waals surface area contributed by atoms with E-state index in [1.165, 1.54) is 12.8 Å². The summed E-state index contributed by atoms with van der Waals surface area (Å²) in [4.78, 5) is 15.5. The van der Waals surface area contributed by atoms with E-state index in [-0.39, 0.29) is 6.09 Å². The van der Waals surface area contributed by atoms with Gasteiger partial charge in [0.1, 0.15) is 0 Å². The summed E-state index contributed by atoms with van der Waals surface area (Å²) >= 11 is 0. The summed E-state index contributed by atoms with van der Waals surface area (Å²) in [6.45, 7) is 8.33. The van der Waals surface area contributed by atoms with Crippen molar-refractivity contribution < 1.29 is 19.4 Å². The molecule has 0 radical (unpaired) electrons. The van der Waals surface area contributed by atoms with Crippen LogP contribution in [0.1, 0.15) is 33.1 Å². The molecule has 128 valence electrons. The van der Waals surface area contributed by atoms with E-state index >= 15 is 0 Å². The average Bonchev–Trinajstić information content (AvgIpc) is 2.91. The van der Waals surface area contributed by atoms with E-state index in [4.69, 9.17) is 9.47 Å². The number of hydrogen-bond acceptors (Lipinski definition) is 5. The van der Waals surface area contributed by atoms with Crippen LogP contribution in [0.25, 0.3) is 0 Å². The fourth-order valence-electron chi connectivity index (χ4n) is 3.27. The van der Waals surface area contributed by atoms with Gasteiger partial charge in [0.15, 0.2) is 0 Å². The molecule has 0 aromatic carbocycles. The first kappa shape index (κ1) is 17.5. The average molecular weight is 314 g/mol. The summed E-state index contributed by atoms with van der Waals surface area (Å²) in [6.07, 6.45) is 3.21. The van der Waals surface area contributed by atoms with Gasteiger partial charge in [-0.25, -0.2) is 4.79 Å². The van der Waals surface area contributed by atoms with Crippen LogP contribution >= 0.6 is 0 Å². The quantitative estimate of drug-likeness (QED) is 0.801. The van der Waals surface area contributed by atoms with Gasteiger partial charge in [0, 0.05) is 32.7 Å². The van der Waals surface area contributed by atoms with E-state index in [1.807, 2.05) is 6.92 Å². The predicted octanol–water partition coefficient (Wildman–Crippen LogP) is 1.33. The summed E-state index contributed by atoms with van der Waals surface area (Å²) in [5.41, 5.74) is 0. The highest BCUT2D eigenvalue weighted by atomic mass is 16.6. The van der Waals surface area contributed by atoms with Crippen molar-refractivity contribution in [3.63, 3.8) is 0 Å². The Morgan fingerprint density at radius 2 is 2.00 bits per heavy atom. The second-order valence-electron chi connectivity index (χ2n) is 6.42. The Hall–Kier alpha value is -0.850. The summed E-state index contributed by atoms with van der Waals surface area (Å²) in [6, 6.07) is 0. The molecule has 1 amide bonds. The Morgan fingerprint density at radius 1 is 1.27 bits per heavy atom. The molecule has 22 heavy (non-hydrogen) atoms. The molecule has 1 aliphatic carbocycles. The van der Waals surface area contributed by atoms with E-state index in [0.29, 0.717) is 44.9 Å². The largest absolute Gasteiger partial charge is 0.450 e. The molecule has 6 nitrogen and oxygen atoms in total. The number of ether oxygens (including phenoxy) is 2. The highest BCUT2D eigenvalue weighted by molar-refractivity contribution is 5.67. The molecule has 1 saturated carbocycles. The van der Waals surface area contributed by atoms with Crippen molar-refractivity contribution in [1.29, 1.82) is 0 Å². The summed E-state index contributed by atoms with van der Waals surface area (Å²) in [5.74, 6) is 0.611. The van der Waals surface area contributed by atoms with Crippen LogP contribution in [0.4, 0.5) is 4.79 Å². The topological polar surface area (TPSA) is 62.2 Å². The van der Waals surface area contributed by atoms with Crippen molar-refractivity contribution in [3.05, 3.63) is 0 Å². The number of nitrogens with zero attached hydrogens (tertiary/aromatic N) is 2. The van der Waals surface area contributed by atoms with Gasteiger partial charge in [-0.1, -0.05) is 13.3 Å². The summed E-state index contributed by atoms with van der Waals surface area (Å²) < 4.78 is 10.9. The minimum absolute atomic E-state index is 0.235. The third-order valence-corrected chi connectivity index (χ3v) is 4.65. The van der Waals surface area contributed by atoms with Crippen LogP contribution in [0.3, 0.4) is 0 Å². The standard InChI is InChI=1S/C16H30N2O4/c1-3-21-16(20)18-9-7-17(8-10-18)11-14(19)12-22-15-6-4-5-13(15)2/h13-15,19H,3-12H2,1-2H3/t13-,14+,15-/m1/s1. The number of amides is 1. The Balaban J connectivity index is 1.62. The number of rotatable bonds is 6. The Kier molecular flexibility index (Phi) is 6.92. The molecule has 1 N–H and O–H groups in total. The molecule has 0 bridgehead atoms. The lowest BCUT2D eigenvalue weighted by Crippen LogP contribution is -2.51. The fraction of sp³-hybridized carbons (Fsp3) is 0.938. The number of β-amino-alcohol motifs (C(OH)–C–C–N with tert-alkyl or cyclic N) is 1. The minimum atomic E-state index is -0.457. The van der Waals surface area contributed by atoms with Gasteiger partial charge in [-0.15, -0.1) is 0 Å². The zero-order chi connectivity index (χ0) is 15.9. The number of aliphatic hydroxyl groups excluding tert-OH is 1. The van der Waals surface area contributed by atoms with Crippen LogP contribution in [0.5, 0.6) is 0 Å². The third-order valence-electron chi connectivity index (χ3n) is 4.65. The van der Waals surface area contributed by atoms with Gasteiger partial charge < -0.3 is 19.5 Å². The zero-order valence-corrected chi connectivity index (χ0v) is 13.9. The fourth-order valence-corrected chi connectivity index (χ4v) is 3.27. The molecule has 1 heterocycles. The summed E-state index contributed by atoms with van der Waals surface area (Å²) in [5, 5.41) is 10.1. The molecule has 1 aliphatic heterocycles. The van der Waals surface area contributed by atoms with E-state index in [2.05, 4.69) is 11.8 Å². The van der Waals surface area contributed by atoms with Gasteiger partial charge >= 0.3 is 6.09 Å². The monoisotopic (exact) mass is 314 g/mol. The van der Waals surface area contributed by atoms with E-state index in [1.54, 1.807) is 4.90 Å². The van der Waals surface area contributed by atoms with Crippen molar-refractivity contribution >= 4 is 6.09 Å². The number of carbonyl (C=O) groups is 1. The highest BCUT2D eigenvalue weighted by Gasteiger charge is 2.26. The lowest BCUT2D eigenvalue weighted by molar-refractivity contribution is -0.0353. The molecule has 2 aliphatic rings. The Morgan fingerprint density at radius 3 is 2.59 bits per heavy atom. The first-order valence-corrected chi connectivity index (χ1v) is 8.54. The molecule has 0 aromatic rings. The van der Waals surface area contributed by atoms with Crippen molar-refractivity contribution in [1.82, 2.24) is 9.80 Å². The lowest BCUT2D eigenvalue weighted by atomic mass is 10.1. The van der Waals surface area contributed by atoms with Gasteiger partial charge in [-0.3, -0.25) is 4.90 Å². The molecule has 0 spiro atoms. The number of aliphatic hydroxyl groups is 1. The van der Waals surface area contributed by atoms with Crippen molar-refractivity contribution in [2.45, 2.75) is 45.3 Å². The molecule has 2 fully saturated rings. The maximum Gasteiger partial charge on any atom is 0.409 e. The van der Waals surface area contributed by atoms with Gasteiger partial charge in [0.2, 0.25) is 0 Å². The molecule has 0 aromatic heterocycles. The summed E-state index contributed by atoms with van der Waals surface area (Å²) in [7, 11) is 0. The Bertz CT molecular complexity index is 345. The smallest absolute Gasteiger partial charge is 0.409 e. The first-order valence-electron chi connectivity index (χ1n) is 8.54. The van der Waals surface area contributed by atoms with Crippen LogP contribution in [0.2, 0.25) is 0 Å². The van der Waals surface area contributed by atoms with Crippen LogP contribution in [-0.2, 0) is 9.47 Å². The zero-order valence-electron chi connectivity index (χ0n) is 13.9. The number of hydrogen-bond donors (Lipinski definition) is 1. The molecular weight excluding hydrogens is 284 g/mol. The van der Waals surface area contributed by atoms with Crippen LogP contribution < -0.4 is 0 Å². The van der Waals surface area contributed by atoms with Crippen LogP contribution in [-0.4, -0.2) is 79.1 Å². The number of piperazine rings is 1. The SMILES string of the molecule is CCOC(=O)N1CCN(C[C@H](O)CO[C@@H]2CCC[C@H]2C)CC1. The predicted molar refractivity (Wildman–Crippen MR) is 83.8 cm³/mol. The molecule has 2 rings (SSSR count). The van der Waals surface area contributed by atoms with Gasteiger partial charge in [-0.05, 0) is 25.7 Å². The first-order chi connectivity index (χ1) is 10.6. The van der Waals surface area contributed by atoms with Gasteiger partial charge in [0.05, 0.1) is 25.4 Å². The van der Waals surface area contributed by atoms with E-state index in [9.17, 15) is 9.90 Å². The van der Waals surface area contributed by atoms with Crippen molar-refractivity contribution in [2.75, 3.05) is 45.9 Å². The third kappa shape index (κ3) is 5.11. The normalized spacial score (nSPS) is 27.9. The molecule has 0 unspecified atom stereocenters. The lowest BCUT2D eigenvalue weighted by Gasteiger charge is -2.35. The van der Waals surface area contributed by atoms with Gasteiger partial charge in [-0.2, -0.15) is 0 Å². The Labute approximate surface area is 133 Å². The van der Waals surface area contributed by atoms with Gasteiger partial charge in [0.25, 0.3) is 0 Å². The minimum Gasteiger partial charge on any atom is -0.450 e. The van der Waals surface area contributed by atoms with Crippen molar-refractivity contribution in [3.8, 4) is 0 Å². The molecular formula is C16H30N2O4. The maximum atomic E-state index is 11.6. The second-order valence-corrected chi connectivity index (χ2v) is 6.42.